The average molecular weight is 202 g/mol. The summed E-state index contributed by atoms with van der Waals surface area (Å²) in [7, 11) is 1.76. The van der Waals surface area contributed by atoms with Crippen LogP contribution in [0.25, 0.3) is 0 Å². The third kappa shape index (κ3) is 2.28. The van der Waals surface area contributed by atoms with Crippen molar-refractivity contribution in [1.29, 1.82) is 0 Å². The van der Waals surface area contributed by atoms with Crippen molar-refractivity contribution in [3.63, 3.8) is 0 Å². The van der Waals surface area contributed by atoms with Crippen molar-refractivity contribution in [2.45, 2.75) is 25.1 Å². The van der Waals surface area contributed by atoms with Crippen molar-refractivity contribution in [2.75, 3.05) is 19.3 Å². The molecular formula is C8H18N4S. The summed E-state index contributed by atoms with van der Waals surface area (Å²) in [4.78, 5) is 6.34. The number of hydrogen-bond donors (Lipinski definition) is 2. The minimum atomic E-state index is 0.494. The number of hydrogen-bond acceptors (Lipinski definition) is 3. The van der Waals surface area contributed by atoms with E-state index in [2.05, 4.69) is 29.2 Å². The molecule has 1 aliphatic heterocycles. The molecule has 0 aliphatic carbocycles. The summed E-state index contributed by atoms with van der Waals surface area (Å²) >= 11 is 2.00. The molecule has 76 valence electrons. The molecule has 1 heterocycles. The van der Waals surface area contributed by atoms with Crippen molar-refractivity contribution in [2.24, 2.45) is 10.8 Å². The van der Waals surface area contributed by atoms with E-state index in [0.717, 1.165) is 18.3 Å². The first-order chi connectivity index (χ1) is 6.20. The predicted octanol–water partition coefficient (Wildman–Crippen LogP) is 0.261. The van der Waals surface area contributed by atoms with E-state index in [1.54, 1.807) is 7.05 Å². The maximum atomic E-state index is 5.39. The minimum Gasteiger partial charge on any atom is -0.337 e. The van der Waals surface area contributed by atoms with Crippen molar-refractivity contribution >= 4 is 17.7 Å². The van der Waals surface area contributed by atoms with Gasteiger partial charge in [-0.15, -0.1) is 0 Å². The lowest BCUT2D eigenvalue weighted by Crippen LogP contribution is -2.54. The summed E-state index contributed by atoms with van der Waals surface area (Å²) in [6, 6.07) is 0.494. The summed E-state index contributed by atoms with van der Waals surface area (Å²) in [5, 5.41) is 0.638. The van der Waals surface area contributed by atoms with E-state index in [1.807, 2.05) is 11.8 Å². The van der Waals surface area contributed by atoms with E-state index >= 15 is 0 Å². The zero-order valence-electron chi connectivity index (χ0n) is 8.45. The van der Waals surface area contributed by atoms with E-state index in [-0.39, 0.29) is 0 Å². The van der Waals surface area contributed by atoms with Gasteiger partial charge >= 0.3 is 0 Å². The Labute approximate surface area is 83.9 Å². The Morgan fingerprint density at radius 2 is 2.31 bits per heavy atom. The molecule has 5 heteroatoms. The van der Waals surface area contributed by atoms with E-state index in [4.69, 9.17) is 5.84 Å². The largest absolute Gasteiger partial charge is 0.337 e. The molecule has 4 nitrogen and oxygen atoms in total. The molecule has 2 unspecified atom stereocenters. The number of aliphatic imine (C=N–C) groups is 1. The molecule has 0 aromatic carbocycles. The molecule has 0 radical (unpaired) electrons. The maximum absolute atomic E-state index is 5.39. The molecule has 2 atom stereocenters. The van der Waals surface area contributed by atoms with Gasteiger partial charge in [-0.3, -0.25) is 10.4 Å². The van der Waals surface area contributed by atoms with Crippen LogP contribution in [0.4, 0.5) is 0 Å². The van der Waals surface area contributed by atoms with E-state index < -0.39 is 0 Å². The summed E-state index contributed by atoms with van der Waals surface area (Å²) in [5.74, 6) is 7.33. The highest BCUT2D eigenvalue weighted by Crippen LogP contribution is 2.23. The Balaban J connectivity index is 2.67. The number of rotatable bonds is 0. The fraction of sp³-hybridized carbons (Fsp3) is 0.875. The summed E-state index contributed by atoms with van der Waals surface area (Å²) in [6.07, 6.45) is 0. The standard InChI is InChI=1S/C8H18N4S/c1-6-7(2)13-5-4-12(6)8(10-3)11-9/h6-7H,4-5,9H2,1-3H3,(H,10,11). The molecule has 1 rings (SSSR count). The van der Waals surface area contributed by atoms with Crippen LogP contribution in [0.3, 0.4) is 0 Å². The molecule has 1 fully saturated rings. The first-order valence-corrected chi connectivity index (χ1v) is 5.57. The van der Waals surface area contributed by atoms with E-state index in [0.29, 0.717) is 11.3 Å². The van der Waals surface area contributed by atoms with Gasteiger partial charge in [0.2, 0.25) is 5.96 Å². The van der Waals surface area contributed by atoms with Crippen molar-refractivity contribution in [1.82, 2.24) is 10.3 Å². The zero-order valence-corrected chi connectivity index (χ0v) is 9.27. The fourth-order valence-electron chi connectivity index (χ4n) is 1.51. The molecule has 0 aromatic rings. The second-order valence-corrected chi connectivity index (χ2v) is 4.69. The number of thioether (sulfide) groups is 1. The molecule has 0 spiro atoms. The predicted molar refractivity (Wildman–Crippen MR) is 58.8 cm³/mol. The molecular weight excluding hydrogens is 184 g/mol. The molecule has 13 heavy (non-hydrogen) atoms. The summed E-state index contributed by atoms with van der Waals surface area (Å²) < 4.78 is 0. The third-order valence-electron chi connectivity index (χ3n) is 2.50. The number of nitrogens with one attached hydrogen (secondary N) is 1. The average Bonchev–Trinajstić information content (AvgIpc) is 2.14. The molecule has 0 aromatic heterocycles. The normalized spacial score (nSPS) is 30.5. The molecule has 3 N–H and O–H groups in total. The van der Waals surface area contributed by atoms with Gasteiger partial charge in [0.25, 0.3) is 0 Å². The second kappa shape index (κ2) is 4.72. The van der Waals surface area contributed by atoms with Crippen LogP contribution in [0, 0.1) is 0 Å². The van der Waals surface area contributed by atoms with Crippen LogP contribution < -0.4 is 11.3 Å². The first-order valence-electron chi connectivity index (χ1n) is 4.52. The van der Waals surface area contributed by atoms with Crippen LogP contribution in [0.5, 0.6) is 0 Å². The summed E-state index contributed by atoms with van der Waals surface area (Å²) in [5.41, 5.74) is 2.64. The van der Waals surface area contributed by atoms with Crippen LogP contribution in [-0.4, -0.2) is 41.5 Å². The smallest absolute Gasteiger partial charge is 0.208 e. The Morgan fingerprint density at radius 3 is 2.85 bits per heavy atom. The van der Waals surface area contributed by atoms with Crippen LogP contribution in [0.15, 0.2) is 4.99 Å². The highest BCUT2D eigenvalue weighted by molar-refractivity contribution is 8.00. The van der Waals surface area contributed by atoms with Crippen LogP contribution in [0.2, 0.25) is 0 Å². The van der Waals surface area contributed by atoms with Gasteiger partial charge in [-0.1, -0.05) is 6.92 Å². The highest BCUT2D eigenvalue weighted by Gasteiger charge is 2.26. The number of guanidine groups is 1. The van der Waals surface area contributed by atoms with Gasteiger partial charge in [0, 0.05) is 30.6 Å². The zero-order chi connectivity index (χ0) is 9.84. The lowest BCUT2D eigenvalue weighted by molar-refractivity contribution is 0.323. The number of hydrazine groups is 1. The topological polar surface area (TPSA) is 53.6 Å². The maximum Gasteiger partial charge on any atom is 0.208 e. The van der Waals surface area contributed by atoms with Crippen molar-refractivity contribution < 1.29 is 0 Å². The molecule has 1 saturated heterocycles. The SMILES string of the molecule is CN=C(NN)N1CCSC(C)C1C. The van der Waals surface area contributed by atoms with Gasteiger partial charge in [-0.25, -0.2) is 5.84 Å². The fourth-order valence-corrected chi connectivity index (χ4v) is 2.61. The molecule has 0 amide bonds. The minimum absolute atomic E-state index is 0.494. The Kier molecular flexibility index (Phi) is 3.87. The third-order valence-corrected chi connectivity index (χ3v) is 3.83. The van der Waals surface area contributed by atoms with E-state index in [9.17, 15) is 0 Å². The van der Waals surface area contributed by atoms with Crippen molar-refractivity contribution in [3.8, 4) is 0 Å². The van der Waals surface area contributed by atoms with Crippen LogP contribution in [-0.2, 0) is 0 Å². The van der Waals surface area contributed by atoms with Crippen LogP contribution in [0.1, 0.15) is 13.8 Å². The van der Waals surface area contributed by atoms with Gasteiger partial charge in [-0.2, -0.15) is 11.8 Å². The Morgan fingerprint density at radius 1 is 1.62 bits per heavy atom. The number of nitrogens with zero attached hydrogens (tertiary/aromatic N) is 2. The van der Waals surface area contributed by atoms with Crippen molar-refractivity contribution in [3.05, 3.63) is 0 Å². The quantitative estimate of drug-likeness (QED) is 0.256. The molecule has 1 aliphatic rings. The highest BCUT2D eigenvalue weighted by atomic mass is 32.2. The monoisotopic (exact) mass is 202 g/mol. The second-order valence-electron chi connectivity index (χ2n) is 3.20. The lowest BCUT2D eigenvalue weighted by Gasteiger charge is -2.38. The van der Waals surface area contributed by atoms with Gasteiger partial charge in [0.1, 0.15) is 0 Å². The Hall–Kier alpha value is -0.420. The molecule has 0 saturated carbocycles. The number of nitrogens with two attached hydrogens (primary N) is 1. The van der Waals surface area contributed by atoms with Crippen LogP contribution >= 0.6 is 11.8 Å². The van der Waals surface area contributed by atoms with Gasteiger partial charge in [-0.05, 0) is 6.92 Å². The van der Waals surface area contributed by atoms with Gasteiger partial charge in [0.15, 0.2) is 0 Å². The molecule has 0 bridgehead atoms. The Bertz CT molecular complexity index is 195. The van der Waals surface area contributed by atoms with E-state index in [1.165, 1.54) is 0 Å². The summed E-state index contributed by atoms with van der Waals surface area (Å²) in [6.45, 7) is 5.47. The first kappa shape index (κ1) is 10.7. The van der Waals surface area contributed by atoms with Gasteiger partial charge in [0.05, 0.1) is 0 Å². The lowest BCUT2D eigenvalue weighted by atomic mass is 10.2. The van der Waals surface area contributed by atoms with Gasteiger partial charge < -0.3 is 4.90 Å².